The van der Waals surface area contributed by atoms with Crippen molar-refractivity contribution in [3.63, 3.8) is 0 Å². The van der Waals surface area contributed by atoms with E-state index in [0.717, 1.165) is 25.7 Å². The Morgan fingerprint density at radius 1 is 0.256 bits per heavy atom. The van der Waals surface area contributed by atoms with E-state index in [1.165, 1.54) is 199 Å². The molecule has 0 aromatic carbocycles. The zero-order valence-corrected chi connectivity index (χ0v) is 27.7. The lowest BCUT2D eigenvalue weighted by Gasteiger charge is -2.05. The highest BCUT2D eigenvalue weighted by atomic mass is 16.1. The molecule has 0 fully saturated rings. The second-order valence-electron chi connectivity index (χ2n) is 13.0. The Balaban J connectivity index is 3.08. The predicted molar refractivity (Wildman–Crippen MR) is 178 cm³/mol. The van der Waals surface area contributed by atoms with E-state index in [-0.39, 0.29) is 0 Å². The van der Waals surface area contributed by atoms with Gasteiger partial charge < -0.3 is 0 Å². The number of ketones is 1. The van der Waals surface area contributed by atoms with Gasteiger partial charge in [-0.2, -0.15) is 0 Å². The van der Waals surface area contributed by atoms with Gasteiger partial charge in [-0.15, -0.1) is 0 Å². The number of unbranched alkanes of at least 4 members (excludes halogenated alkanes) is 31. The Kier molecular flexibility index (Phi) is 35.4. The standard InChI is InChI=1S/C38H76O/c1-3-5-7-9-10-11-12-13-14-15-16-17-18-19-20-21-22-23-24-25-26-27-28-29-30-31-33-35-37-38(39)36-34-32-8-6-4-2/h3-37H2,1-2H3. The van der Waals surface area contributed by atoms with Crippen LogP contribution in [-0.4, -0.2) is 5.78 Å². The maximum Gasteiger partial charge on any atom is 0.132 e. The van der Waals surface area contributed by atoms with E-state index in [9.17, 15) is 4.79 Å². The SMILES string of the molecule is CCCCCCCCCCCCCCCCCCCCCCCCCCCCCCC(=O)CCCCCCC. The first-order valence-electron chi connectivity index (χ1n) is 18.8. The fourth-order valence-electron chi connectivity index (χ4n) is 6.04. The van der Waals surface area contributed by atoms with Gasteiger partial charge >= 0.3 is 0 Å². The summed E-state index contributed by atoms with van der Waals surface area (Å²) < 4.78 is 0. The lowest BCUT2D eigenvalue weighted by atomic mass is 10.0. The van der Waals surface area contributed by atoms with Gasteiger partial charge in [0.25, 0.3) is 0 Å². The first kappa shape index (κ1) is 38.7. The van der Waals surface area contributed by atoms with Crippen LogP contribution in [0.4, 0.5) is 0 Å². The molecule has 0 N–H and O–H groups in total. The molecular formula is C38H76O. The van der Waals surface area contributed by atoms with Gasteiger partial charge in [-0.25, -0.2) is 0 Å². The number of hydrogen-bond donors (Lipinski definition) is 0. The van der Waals surface area contributed by atoms with Crippen molar-refractivity contribution >= 4 is 5.78 Å². The maximum atomic E-state index is 11.9. The first-order valence-corrected chi connectivity index (χ1v) is 18.8. The molecule has 0 saturated heterocycles. The van der Waals surface area contributed by atoms with Gasteiger partial charge in [-0.05, 0) is 12.8 Å². The van der Waals surface area contributed by atoms with E-state index < -0.39 is 0 Å². The van der Waals surface area contributed by atoms with Gasteiger partial charge in [0, 0.05) is 12.8 Å². The lowest BCUT2D eigenvalue weighted by Crippen LogP contribution is -1.97. The van der Waals surface area contributed by atoms with E-state index in [0.29, 0.717) is 5.78 Å². The zero-order valence-electron chi connectivity index (χ0n) is 27.7. The molecule has 39 heavy (non-hydrogen) atoms. The fourth-order valence-corrected chi connectivity index (χ4v) is 6.04. The summed E-state index contributed by atoms with van der Waals surface area (Å²) in [5, 5.41) is 0. The fraction of sp³-hybridized carbons (Fsp3) is 0.974. The van der Waals surface area contributed by atoms with E-state index in [2.05, 4.69) is 13.8 Å². The minimum atomic E-state index is 0.515. The van der Waals surface area contributed by atoms with Gasteiger partial charge in [0.05, 0.1) is 0 Å². The molecule has 0 heterocycles. The summed E-state index contributed by atoms with van der Waals surface area (Å²) in [6, 6.07) is 0. The third kappa shape index (κ3) is 35.6. The Bertz CT molecular complexity index is 442. The van der Waals surface area contributed by atoms with Crippen molar-refractivity contribution in [2.45, 2.75) is 239 Å². The number of hydrogen-bond acceptors (Lipinski definition) is 1. The van der Waals surface area contributed by atoms with Crippen LogP contribution in [-0.2, 0) is 4.79 Å². The third-order valence-corrected chi connectivity index (χ3v) is 8.87. The van der Waals surface area contributed by atoms with Gasteiger partial charge in [-0.3, -0.25) is 4.79 Å². The van der Waals surface area contributed by atoms with Crippen LogP contribution < -0.4 is 0 Å². The molecule has 234 valence electrons. The monoisotopic (exact) mass is 549 g/mol. The molecule has 0 spiro atoms. The van der Waals surface area contributed by atoms with Crippen molar-refractivity contribution in [1.29, 1.82) is 0 Å². The molecule has 0 atom stereocenters. The summed E-state index contributed by atoms with van der Waals surface area (Å²) in [5.74, 6) is 0.515. The lowest BCUT2D eigenvalue weighted by molar-refractivity contribution is -0.119. The third-order valence-electron chi connectivity index (χ3n) is 8.87. The molecule has 0 aliphatic heterocycles. The molecular weight excluding hydrogens is 472 g/mol. The van der Waals surface area contributed by atoms with Crippen molar-refractivity contribution in [2.75, 3.05) is 0 Å². The molecule has 0 aliphatic carbocycles. The van der Waals surface area contributed by atoms with E-state index in [4.69, 9.17) is 0 Å². The van der Waals surface area contributed by atoms with Crippen molar-refractivity contribution in [1.82, 2.24) is 0 Å². The van der Waals surface area contributed by atoms with Crippen molar-refractivity contribution in [2.24, 2.45) is 0 Å². The Labute approximate surface area is 248 Å². The van der Waals surface area contributed by atoms with Gasteiger partial charge in [0.1, 0.15) is 5.78 Å². The topological polar surface area (TPSA) is 17.1 Å². The average molecular weight is 549 g/mol. The van der Waals surface area contributed by atoms with E-state index >= 15 is 0 Å². The van der Waals surface area contributed by atoms with Crippen LogP contribution in [0, 0.1) is 0 Å². The van der Waals surface area contributed by atoms with Gasteiger partial charge in [-0.1, -0.05) is 213 Å². The normalized spacial score (nSPS) is 11.4. The minimum Gasteiger partial charge on any atom is -0.300 e. The highest BCUT2D eigenvalue weighted by molar-refractivity contribution is 5.78. The molecule has 0 aromatic heterocycles. The molecule has 0 radical (unpaired) electrons. The van der Waals surface area contributed by atoms with Crippen molar-refractivity contribution in [3.8, 4) is 0 Å². The smallest absolute Gasteiger partial charge is 0.132 e. The number of carbonyl (C=O) groups is 1. The zero-order chi connectivity index (χ0) is 28.3. The molecule has 1 heteroatoms. The summed E-state index contributed by atoms with van der Waals surface area (Å²) in [5.41, 5.74) is 0. The molecule has 0 rings (SSSR count). The van der Waals surface area contributed by atoms with Crippen LogP contribution in [0.3, 0.4) is 0 Å². The van der Waals surface area contributed by atoms with Crippen LogP contribution in [0.5, 0.6) is 0 Å². The Morgan fingerprint density at radius 2 is 0.410 bits per heavy atom. The maximum absolute atomic E-state index is 11.9. The Hall–Kier alpha value is -0.330. The van der Waals surface area contributed by atoms with Crippen LogP contribution >= 0.6 is 0 Å². The van der Waals surface area contributed by atoms with Crippen LogP contribution in [0.15, 0.2) is 0 Å². The first-order chi connectivity index (χ1) is 19.3. The minimum absolute atomic E-state index is 0.515. The van der Waals surface area contributed by atoms with Crippen LogP contribution in [0.1, 0.15) is 239 Å². The summed E-state index contributed by atoms with van der Waals surface area (Å²) in [6.07, 6.45) is 48.2. The molecule has 1 nitrogen and oxygen atoms in total. The van der Waals surface area contributed by atoms with E-state index in [1.54, 1.807) is 0 Å². The highest BCUT2D eigenvalue weighted by Gasteiger charge is 2.02. The summed E-state index contributed by atoms with van der Waals surface area (Å²) in [6.45, 7) is 4.55. The number of rotatable bonds is 35. The molecule has 0 aliphatic rings. The molecule has 0 aromatic rings. The Morgan fingerprint density at radius 3 is 0.590 bits per heavy atom. The van der Waals surface area contributed by atoms with Crippen molar-refractivity contribution in [3.05, 3.63) is 0 Å². The van der Waals surface area contributed by atoms with Crippen LogP contribution in [0.25, 0.3) is 0 Å². The summed E-state index contributed by atoms with van der Waals surface area (Å²) in [4.78, 5) is 11.9. The van der Waals surface area contributed by atoms with Gasteiger partial charge in [0.2, 0.25) is 0 Å². The quantitative estimate of drug-likeness (QED) is 0.0720. The largest absolute Gasteiger partial charge is 0.300 e. The molecule has 0 bridgehead atoms. The molecule has 0 unspecified atom stereocenters. The van der Waals surface area contributed by atoms with Crippen molar-refractivity contribution < 1.29 is 4.79 Å². The summed E-state index contributed by atoms with van der Waals surface area (Å²) >= 11 is 0. The summed E-state index contributed by atoms with van der Waals surface area (Å²) in [7, 11) is 0. The average Bonchev–Trinajstić information content (AvgIpc) is 2.94. The van der Waals surface area contributed by atoms with E-state index in [1.807, 2.05) is 0 Å². The molecule has 0 amide bonds. The van der Waals surface area contributed by atoms with Crippen LogP contribution in [0.2, 0.25) is 0 Å². The second kappa shape index (κ2) is 35.7. The number of carbonyl (C=O) groups excluding carboxylic acids is 1. The molecule has 0 saturated carbocycles. The second-order valence-corrected chi connectivity index (χ2v) is 13.0. The van der Waals surface area contributed by atoms with Gasteiger partial charge in [0.15, 0.2) is 0 Å². The number of Topliss-reactive ketones (excluding diaryl/α,β-unsaturated/α-hetero) is 1. The predicted octanol–water partition coefficient (Wildman–Crippen LogP) is 14.2. The highest BCUT2D eigenvalue weighted by Crippen LogP contribution is 2.16.